The fraction of sp³-hybridized carbons (Fsp3) is 0.652. The number of rotatable bonds is 13. The van der Waals surface area contributed by atoms with Crippen LogP contribution in [0.4, 0.5) is 0 Å². The summed E-state index contributed by atoms with van der Waals surface area (Å²) in [5, 5.41) is 12.3. The monoisotopic (exact) mass is 436 g/mol. The molecule has 2 atom stereocenters. The van der Waals surface area contributed by atoms with Gasteiger partial charge in [-0.3, -0.25) is 14.8 Å². The van der Waals surface area contributed by atoms with Crippen LogP contribution in [0.3, 0.4) is 0 Å². The summed E-state index contributed by atoms with van der Waals surface area (Å²) >= 11 is 0. The minimum absolute atomic E-state index is 0.0255. The Balaban J connectivity index is 2.01. The Morgan fingerprint density at radius 2 is 1.84 bits per heavy atom. The zero-order valence-corrected chi connectivity index (χ0v) is 18.5. The van der Waals surface area contributed by atoms with Gasteiger partial charge in [-0.2, -0.15) is 0 Å². The second-order valence-corrected chi connectivity index (χ2v) is 7.99. The number of methoxy groups -OCH3 is 1. The molecule has 8 nitrogen and oxygen atoms in total. The summed E-state index contributed by atoms with van der Waals surface area (Å²) < 4.78 is 16.2. The molecule has 2 unspecified atom stereocenters. The highest BCUT2D eigenvalue weighted by Crippen LogP contribution is 2.26. The van der Waals surface area contributed by atoms with Gasteiger partial charge in [0.05, 0.1) is 18.8 Å². The number of amides is 2. The summed E-state index contributed by atoms with van der Waals surface area (Å²) in [6, 6.07) is 9.22. The van der Waals surface area contributed by atoms with Crippen LogP contribution in [0.1, 0.15) is 44.6 Å². The van der Waals surface area contributed by atoms with E-state index in [1.165, 1.54) is 0 Å². The van der Waals surface area contributed by atoms with E-state index in [0.29, 0.717) is 19.4 Å². The van der Waals surface area contributed by atoms with Gasteiger partial charge >= 0.3 is 0 Å². The van der Waals surface area contributed by atoms with Crippen LogP contribution in [0.15, 0.2) is 30.3 Å². The van der Waals surface area contributed by atoms with Gasteiger partial charge in [0.2, 0.25) is 11.8 Å². The molecule has 0 aromatic heterocycles. The van der Waals surface area contributed by atoms with Crippen LogP contribution in [-0.4, -0.2) is 56.3 Å². The summed E-state index contributed by atoms with van der Waals surface area (Å²) in [6.07, 6.45) is 4.30. The van der Waals surface area contributed by atoms with Gasteiger partial charge in [-0.05, 0) is 51.0 Å². The Morgan fingerprint density at radius 1 is 1.13 bits per heavy atom. The zero-order valence-electron chi connectivity index (χ0n) is 18.5. The zero-order chi connectivity index (χ0) is 22.5. The van der Waals surface area contributed by atoms with Crippen molar-refractivity contribution in [2.45, 2.75) is 57.6 Å². The van der Waals surface area contributed by atoms with Crippen molar-refractivity contribution in [2.24, 2.45) is 11.8 Å². The topological polar surface area (TPSA) is 106 Å². The van der Waals surface area contributed by atoms with E-state index in [0.717, 1.165) is 31.2 Å². The predicted octanol–water partition coefficient (Wildman–Crippen LogP) is 2.44. The molecule has 2 rings (SSSR count). The second-order valence-electron chi connectivity index (χ2n) is 7.99. The number of hydrogen-bond acceptors (Lipinski definition) is 6. The molecule has 1 aromatic carbocycles. The lowest BCUT2D eigenvalue weighted by Gasteiger charge is -2.29. The smallest absolute Gasteiger partial charge is 0.246 e. The van der Waals surface area contributed by atoms with Gasteiger partial charge in [0.1, 0.15) is 6.79 Å². The summed E-state index contributed by atoms with van der Waals surface area (Å²) in [5.41, 5.74) is 2.74. The Labute approximate surface area is 184 Å². The summed E-state index contributed by atoms with van der Waals surface area (Å²) in [7, 11) is 1.70. The van der Waals surface area contributed by atoms with Gasteiger partial charge in [0, 0.05) is 25.6 Å². The van der Waals surface area contributed by atoms with Gasteiger partial charge in [0.15, 0.2) is 0 Å². The standard InChI is InChI=1S/C23H36N2O6/c1-3-30-16-31-15-20(24-22(26)18-9-11-21(29-2)12-10-18)14-19(23(27)25-28)13-17-7-5-4-6-8-17/h4-8,18-21,28H,3,9-16H2,1-2H3,(H,24,26)(H,25,27). The van der Waals surface area contributed by atoms with Crippen LogP contribution in [0.5, 0.6) is 0 Å². The number of benzene rings is 1. The van der Waals surface area contributed by atoms with Gasteiger partial charge in [-0.1, -0.05) is 30.3 Å². The molecule has 0 aliphatic heterocycles. The molecular weight excluding hydrogens is 400 g/mol. The number of carbonyl (C=O) groups is 2. The van der Waals surface area contributed by atoms with Crippen LogP contribution < -0.4 is 10.8 Å². The van der Waals surface area contributed by atoms with Crippen LogP contribution in [0.2, 0.25) is 0 Å². The minimum atomic E-state index is -0.516. The first kappa shape index (κ1) is 25.3. The van der Waals surface area contributed by atoms with Crippen LogP contribution in [0, 0.1) is 11.8 Å². The van der Waals surface area contributed by atoms with Gasteiger partial charge in [0.25, 0.3) is 0 Å². The van der Waals surface area contributed by atoms with Gasteiger partial charge in [-0.25, -0.2) is 5.48 Å². The summed E-state index contributed by atoms with van der Waals surface area (Å²) in [5.74, 6) is -1.09. The molecule has 174 valence electrons. The van der Waals surface area contributed by atoms with Crippen molar-refractivity contribution in [3.05, 3.63) is 35.9 Å². The van der Waals surface area contributed by atoms with Crippen molar-refractivity contribution in [2.75, 3.05) is 27.1 Å². The lowest BCUT2D eigenvalue weighted by molar-refractivity contribution is -0.135. The Kier molecular flexibility index (Phi) is 11.5. The van der Waals surface area contributed by atoms with Gasteiger partial charge < -0.3 is 19.5 Å². The first-order valence-electron chi connectivity index (χ1n) is 11.0. The number of nitrogens with one attached hydrogen (secondary N) is 2. The van der Waals surface area contributed by atoms with Crippen molar-refractivity contribution >= 4 is 11.8 Å². The Bertz CT molecular complexity index is 649. The minimum Gasteiger partial charge on any atom is -0.381 e. The molecule has 1 aliphatic rings. The largest absolute Gasteiger partial charge is 0.381 e. The second kappa shape index (κ2) is 14.1. The van der Waals surface area contributed by atoms with Crippen molar-refractivity contribution in [1.82, 2.24) is 10.8 Å². The summed E-state index contributed by atoms with van der Waals surface area (Å²) in [4.78, 5) is 25.2. The molecule has 0 spiro atoms. The van der Waals surface area contributed by atoms with E-state index in [1.54, 1.807) is 12.6 Å². The van der Waals surface area contributed by atoms with E-state index in [9.17, 15) is 14.8 Å². The maximum Gasteiger partial charge on any atom is 0.246 e. The number of ether oxygens (including phenoxy) is 3. The number of hydroxylamine groups is 1. The lowest BCUT2D eigenvalue weighted by atomic mass is 9.86. The van der Waals surface area contributed by atoms with Crippen LogP contribution in [0.25, 0.3) is 0 Å². The van der Waals surface area contributed by atoms with Gasteiger partial charge in [-0.15, -0.1) is 0 Å². The van der Waals surface area contributed by atoms with Crippen molar-refractivity contribution < 1.29 is 29.0 Å². The number of hydrogen-bond donors (Lipinski definition) is 3. The molecule has 1 aromatic rings. The average Bonchev–Trinajstić information content (AvgIpc) is 2.81. The average molecular weight is 437 g/mol. The lowest BCUT2D eigenvalue weighted by Crippen LogP contribution is -2.45. The molecule has 1 aliphatic carbocycles. The third kappa shape index (κ3) is 8.95. The normalized spacial score (nSPS) is 20.6. The van der Waals surface area contributed by atoms with Crippen molar-refractivity contribution in [1.29, 1.82) is 0 Å². The van der Waals surface area contributed by atoms with E-state index in [2.05, 4.69) is 5.32 Å². The summed E-state index contributed by atoms with van der Waals surface area (Å²) in [6.45, 7) is 2.75. The molecule has 0 saturated heterocycles. The first-order chi connectivity index (χ1) is 15.1. The fourth-order valence-electron chi connectivity index (χ4n) is 4.00. The Morgan fingerprint density at radius 3 is 2.45 bits per heavy atom. The van der Waals surface area contributed by atoms with E-state index < -0.39 is 11.8 Å². The van der Waals surface area contributed by atoms with E-state index in [-0.39, 0.29) is 37.4 Å². The van der Waals surface area contributed by atoms with E-state index >= 15 is 0 Å². The maximum absolute atomic E-state index is 12.9. The fourth-order valence-corrected chi connectivity index (χ4v) is 4.00. The SMILES string of the molecule is CCOCOCC(CC(Cc1ccccc1)C(=O)NO)NC(=O)C1CCC(OC)CC1. The third-order valence-electron chi connectivity index (χ3n) is 5.79. The molecule has 1 saturated carbocycles. The van der Waals surface area contributed by atoms with E-state index in [4.69, 9.17) is 14.2 Å². The molecule has 0 heterocycles. The van der Waals surface area contributed by atoms with Crippen molar-refractivity contribution in [3.63, 3.8) is 0 Å². The molecule has 1 fully saturated rings. The van der Waals surface area contributed by atoms with E-state index in [1.807, 2.05) is 37.3 Å². The molecule has 2 amide bonds. The first-order valence-corrected chi connectivity index (χ1v) is 11.0. The quantitative estimate of drug-likeness (QED) is 0.190. The molecule has 8 heteroatoms. The van der Waals surface area contributed by atoms with Crippen LogP contribution >= 0.6 is 0 Å². The molecular formula is C23H36N2O6. The predicted molar refractivity (Wildman–Crippen MR) is 115 cm³/mol. The highest BCUT2D eigenvalue weighted by Gasteiger charge is 2.30. The molecule has 3 N–H and O–H groups in total. The highest BCUT2D eigenvalue weighted by atomic mass is 16.7. The molecule has 0 radical (unpaired) electrons. The third-order valence-corrected chi connectivity index (χ3v) is 5.79. The maximum atomic E-state index is 12.9. The van der Waals surface area contributed by atoms with Crippen molar-refractivity contribution in [3.8, 4) is 0 Å². The number of carbonyl (C=O) groups excluding carboxylic acids is 2. The Hall–Kier alpha value is -2.00. The molecule has 31 heavy (non-hydrogen) atoms. The van der Waals surface area contributed by atoms with Crippen LogP contribution in [-0.2, 0) is 30.2 Å². The molecule has 0 bridgehead atoms. The highest BCUT2D eigenvalue weighted by molar-refractivity contribution is 5.80.